The number of nitrogens with zero attached hydrogens (tertiary/aromatic N) is 3. The van der Waals surface area contributed by atoms with Crippen LogP contribution in [0.1, 0.15) is 37.3 Å². The van der Waals surface area contributed by atoms with Gasteiger partial charge in [-0.25, -0.2) is 4.98 Å². The largest absolute Gasteiger partial charge is 0.508 e. The fraction of sp³-hybridized carbons (Fsp3) is 0.500. The third kappa shape index (κ3) is 1.86. The summed E-state index contributed by atoms with van der Waals surface area (Å²) in [6.45, 7) is 0. The van der Waals surface area contributed by atoms with E-state index in [2.05, 4.69) is 16.9 Å². The standard InChI is InChI=1S/C16H19N3O/c1-19-11-2-3-12(19)7-10(6-11)16-9-17-15-8-13(20)4-5-14(15)18-16/h4-5,8-12,20H,2-3,6-7H2,1H3. The van der Waals surface area contributed by atoms with E-state index in [-0.39, 0.29) is 5.75 Å². The van der Waals surface area contributed by atoms with Crippen molar-refractivity contribution in [3.8, 4) is 5.75 Å². The van der Waals surface area contributed by atoms with Gasteiger partial charge in [0.05, 0.1) is 16.7 Å². The monoisotopic (exact) mass is 269 g/mol. The molecule has 1 N–H and O–H groups in total. The molecule has 2 unspecified atom stereocenters. The quantitative estimate of drug-likeness (QED) is 0.864. The molecule has 0 amide bonds. The Bertz CT molecular complexity index is 643. The van der Waals surface area contributed by atoms with E-state index in [4.69, 9.17) is 4.98 Å². The first-order chi connectivity index (χ1) is 9.70. The van der Waals surface area contributed by atoms with Crippen molar-refractivity contribution in [3.63, 3.8) is 0 Å². The van der Waals surface area contributed by atoms with Gasteiger partial charge in [0, 0.05) is 30.3 Å². The summed E-state index contributed by atoms with van der Waals surface area (Å²) in [5.74, 6) is 0.784. The van der Waals surface area contributed by atoms with Crippen molar-refractivity contribution in [1.29, 1.82) is 0 Å². The molecule has 0 aliphatic carbocycles. The molecule has 2 aliphatic heterocycles. The highest BCUT2D eigenvalue weighted by atomic mass is 16.3. The summed E-state index contributed by atoms with van der Waals surface area (Å²) in [7, 11) is 2.26. The normalized spacial score (nSPS) is 29.9. The van der Waals surface area contributed by atoms with Gasteiger partial charge in [-0.05, 0) is 44.9 Å². The van der Waals surface area contributed by atoms with Crippen LogP contribution in [-0.4, -0.2) is 39.1 Å². The van der Waals surface area contributed by atoms with E-state index >= 15 is 0 Å². The lowest BCUT2D eigenvalue weighted by atomic mass is 9.88. The van der Waals surface area contributed by atoms with Crippen molar-refractivity contribution in [3.05, 3.63) is 30.1 Å². The van der Waals surface area contributed by atoms with Crippen molar-refractivity contribution in [1.82, 2.24) is 14.9 Å². The van der Waals surface area contributed by atoms with Crippen molar-refractivity contribution >= 4 is 11.0 Å². The molecule has 1 aromatic heterocycles. The van der Waals surface area contributed by atoms with Crippen LogP contribution < -0.4 is 0 Å². The van der Waals surface area contributed by atoms with E-state index in [0.717, 1.165) is 28.8 Å². The first kappa shape index (κ1) is 12.1. The second-order valence-corrected chi connectivity index (χ2v) is 6.19. The van der Waals surface area contributed by atoms with Crippen LogP contribution >= 0.6 is 0 Å². The SMILES string of the molecule is CN1C2CCC1CC(c1cnc3cc(O)ccc3n1)C2. The molecule has 2 saturated heterocycles. The van der Waals surface area contributed by atoms with Crippen LogP contribution in [0.2, 0.25) is 0 Å². The molecule has 0 radical (unpaired) electrons. The maximum atomic E-state index is 9.48. The average molecular weight is 269 g/mol. The van der Waals surface area contributed by atoms with Gasteiger partial charge in [-0.2, -0.15) is 0 Å². The Morgan fingerprint density at radius 1 is 1.15 bits per heavy atom. The molecule has 2 atom stereocenters. The number of hydrogen-bond acceptors (Lipinski definition) is 4. The lowest BCUT2D eigenvalue weighted by Gasteiger charge is -2.36. The molecule has 2 aromatic rings. The zero-order chi connectivity index (χ0) is 13.7. The molecule has 20 heavy (non-hydrogen) atoms. The second-order valence-electron chi connectivity index (χ2n) is 6.19. The predicted octanol–water partition coefficient (Wildman–Crippen LogP) is 2.68. The van der Waals surface area contributed by atoms with E-state index in [1.807, 2.05) is 12.3 Å². The van der Waals surface area contributed by atoms with Crippen LogP contribution in [0, 0.1) is 0 Å². The number of aromatic hydroxyl groups is 1. The maximum Gasteiger partial charge on any atom is 0.117 e. The molecular weight excluding hydrogens is 250 g/mol. The average Bonchev–Trinajstić information content (AvgIpc) is 2.68. The van der Waals surface area contributed by atoms with Crippen molar-refractivity contribution in [2.24, 2.45) is 0 Å². The maximum absolute atomic E-state index is 9.48. The van der Waals surface area contributed by atoms with Gasteiger partial charge < -0.3 is 10.0 Å². The van der Waals surface area contributed by atoms with E-state index < -0.39 is 0 Å². The van der Waals surface area contributed by atoms with Gasteiger partial charge in [-0.3, -0.25) is 4.98 Å². The number of phenols is 1. The summed E-state index contributed by atoms with van der Waals surface area (Å²) >= 11 is 0. The van der Waals surface area contributed by atoms with Gasteiger partial charge in [0.15, 0.2) is 0 Å². The topological polar surface area (TPSA) is 49.2 Å². The third-order valence-electron chi connectivity index (χ3n) is 5.06. The Morgan fingerprint density at radius 2 is 1.90 bits per heavy atom. The molecule has 1 aromatic carbocycles. The molecule has 2 aliphatic rings. The number of fused-ring (bicyclic) bond motifs is 3. The summed E-state index contributed by atoms with van der Waals surface area (Å²) in [4.78, 5) is 11.8. The third-order valence-corrected chi connectivity index (χ3v) is 5.06. The Balaban J connectivity index is 1.67. The molecule has 104 valence electrons. The highest BCUT2D eigenvalue weighted by molar-refractivity contribution is 5.75. The Hall–Kier alpha value is -1.68. The zero-order valence-electron chi connectivity index (χ0n) is 11.7. The Kier molecular flexibility index (Phi) is 2.67. The number of aromatic nitrogens is 2. The number of piperidine rings is 1. The highest BCUT2D eigenvalue weighted by Gasteiger charge is 2.39. The van der Waals surface area contributed by atoms with Crippen LogP contribution in [0.4, 0.5) is 0 Å². The van der Waals surface area contributed by atoms with Crippen molar-refractivity contribution < 1.29 is 5.11 Å². The molecule has 4 rings (SSSR count). The highest BCUT2D eigenvalue weighted by Crippen LogP contribution is 2.41. The predicted molar refractivity (Wildman–Crippen MR) is 77.8 cm³/mol. The number of phenolic OH excluding ortho intramolecular Hbond substituents is 1. The zero-order valence-corrected chi connectivity index (χ0v) is 11.7. The summed E-state index contributed by atoms with van der Waals surface area (Å²) in [6, 6.07) is 6.64. The Morgan fingerprint density at radius 3 is 2.65 bits per heavy atom. The summed E-state index contributed by atoms with van der Waals surface area (Å²) in [6.07, 6.45) is 6.95. The van der Waals surface area contributed by atoms with Gasteiger partial charge in [-0.15, -0.1) is 0 Å². The van der Waals surface area contributed by atoms with E-state index in [1.54, 1.807) is 12.1 Å². The smallest absolute Gasteiger partial charge is 0.117 e. The van der Waals surface area contributed by atoms with Gasteiger partial charge in [0.2, 0.25) is 0 Å². The van der Waals surface area contributed by atoms with Gasteiger partial charge >= 0.3 is 0 Å². The minimum Gasteiger partial charge on any atom is -0.508 e. The van der Waals surface area contributed by atoms with Crippen LogP contribution in [0.25, 0.3) is 11.0 Å². The lowest BCUT2D eigenvalue weighted by molar-refractivity contribution is 0.160. The van der Waals surface area contributed by atoms with Gasteiger partial charge in [0.1, 0.15) is 5.75 Å². The summed E-state index contributed by atoms with van der Waals surface area (Å²) < 4.78 is 0. The minimum atomic E-state index is 0.247. The minimum absolute atomic E-state index is 0.247. The van der Waals surface area contributed by atoms with E-state index in [0.29, 0.717) is 5.92 Å². The van der Waals surface area contributed by atoms with Crippen molar-refractivity contribution in [2.45, 2.75) is 43.7 Å². The molecule has 2 fully saturated rings. The van der Waals surface area contributed by atoms with Crippen LogP contribution in [0.3, 0.4) is 0 Å². The first-order valence-corrected chi connectivity index (χ1v) is 7.38. The molecule has 4 heteroatoms. The van der Waals surface area contributed by atoms with Crippen LogP contribution in [-0.2, 0) is 0 Å². The van der Waals surface area contributed by atoms with E-state index in [9.17, 15) is 5.11 Å². The van der Waals surface area contributed by atoms with Crippen LogP contribution in [0.15, 0.2) is 24.4 Å². The molecule has 0 saturated carbocycles. The lowest BCUT2D eigenvalue weighted by Crippen LogP contribution is -2.39. The second kappa shape index (κ2) is 4.42. The molecule has 0 spiro atoms. The molecule has 4 nitrogen and oxygen atoms in total. The van der Waals surface area contributed by atoms with Crippen molar-refractivity contribution in [2.75, 3.05) is 7.05 Å². The Labute approximate surface area is 118 Å². The molecule has 2 bridgehead atoms. The number of rotatable bonds is 1. The fourth-order valence-electron chi connectivity index (χ4n) is 3.86. The molecular formula is C16H19N3O. The molecule has 3 heterocycles. The number of hydrogen-bond donors (Lipinski definition) is 1. The van der Waals surface area contributed by atoms with Gasteiger partial charge in [0.25, 0.3) is 0 Å². The first-order valence-electron chi connectivity index (χ1n) is 7.38. The van der Waals surface area contributed by atoms with Crippen LogP contribution in [0.5, 0.6) is 5.75 Å². The fourth-order valence-corrected chi connectivity index (χ4v) is 3.86. The van der Waals surface area contributed by atoms with E-state index in [1.165, 1.54) is 25.7 Å². The van der Waals surface area contributed by atoms with Gasteiger partial charge in [-0.1, -0.05) is 0 Å². The summed E-state index contributed by atoms with van der Waals surface area (Å²) in [5, 5.41) is 9.48. The summed E-state index contributed by atoms with van der Waals surface area (Å²) in [5.41, 5.74) is 2.77. The number of benzene rings is 1.